The van der Waals surface area contributed by atoms with Crippen LogP contribution >= 0.6 is 0 Å². The Morgan fingerprint density at radius 2 is 1.94 bits per heavy atom. The third-order valence-electron chi connectivity index (χ3n) is 5.21. The fourth-order valence-electron chi connectivity index (χ4n) is 3.47. The highest BCUT2D eigenvalue weighted by Gasteiger charge is 2.12. The number of carbonyl (C=O) groups is 1. The fourth-order valence-corrected chi connectivity index (χ4v) is 3.47. The van der Waals surface area contributed by atoms with E-state index in [0.717, 1.165) is 22.0 Å². The first-order valence-corrected chi connectivity index (χ1v) is 10.4. The van der Waals surface area contributed by atoms with Crippen molar-refractivity contribution >= 4 is 22.5 Å². The number of aromatic nitrogens is 4. The van der Waals surface area contributed by atoms with Crippen LogP contribution in [0.3, 0.4) is 0 Å². The van der Waals surface area contributed by atoms with Crippen LogP contribution in [-0.4, -0.2) is 32.0 Å². The number of nitrogens with zero attached hydrogens (tertiary/aromatic N) is 4. The Balaban J connectivity index is 1.40. The van der Waals surface area contributed by atoms with Gasteiger partial charge in [-0.05, 0) is 36.1 Å². The molecule has 0 aliphatic heterocycles. The highest BCUT2D eigenvalue weighted by molar-refractivity contribution is 5.85. The molecule has 1 aromatic carbocycles. The lowest BCUT2D eigenvalue weighted by Crippen LogP contribution is -2.34. The Labute approximate surface area is 185 Å². The Morgan fingerprint density at radius 3 is 2.78 bits per heavy atom. The molecule has 8 nitrogen and oxygen atoms in total. The third kappa shape index (κ3) is 4.97. The van der Waals surface area contributed by atoms with Gasteiger partial charge in [-0.3, -0.25) is 24.1 Å². The molecule has 162 valence electrons. The van der Waals surface area contributed by atoms with Crippen LogP contribution in [0.1, 0.15) is 17.0 Å². The molecular weight excluding hydrogens is 404 g/mol. The van der Waals surface area contributed by atoms with E-state index in [4.69, 9.17) is 0 Å². The summed E-state index contributed by atoms with van der Waals surface area (Å²) in [5.74, 6) is -0.0267. The number of aryl methyl sites for hydroxylation is 1. The molecule has 0 fully saturated rings. The molecular formula is C24H24N6O2. The van der Waals surface area contributed by atoms with Crippen molar-refractivity contribution in [1.82, 2.24) is 24.8 Å². The number of rotatable bonds is 8. The maximum atomic E-state index is 12.9. The molecule has 0 atom stereocenters. The zero-order valence-electron chi connectivity index (χ0n) is 17.8. The molecule has 0 bridgehead atoms. The van der Waals surface area contributed by atoms with E-state index in [-0.39, 0.29) is 23.8 Å². The van der Waals surface area contributed by atoms with Gasteiger partial charge >= 0.3 is 0 Å². The van der Waals surface area contributed by atoms with Gasteiger partial charge in [0.15, 0.2) is 5.82 Å². The lowest BCUT2D eigenvalue weighted by atomic mass is 10.1. The highest BCUT2D eigenvalue weighted by Crippen LogP contribution is 2.17. The molecule has 0 spiro atoms. The Morgan fingerprint density at radius 1 is 1.03 bits per heavy atom. The molecule has 2 N–H and O–H groups in total. The Bertz CT molecular complexity index is 1280. The van der Waals surface area contributed by atoms with Crippen molar-refractivity contribution in [1.29, 1.82) is 0 Å². The Kier molecular flexibility index (Phi) is 6.50. The Hall–Kier alpha value is -4.07. The molecule has 0 saturated carbocycles. The van der Waals surface area contributed by atoms with E-state index < -0.39 is 0 Å². The number of fused-ring (bicyclic) bond motifs is 1. The predicted octanol–water partition coefficient (Wildman–Crippen LogP) is 2.47. The quantitative estimate of drug-likeness (QED) is 0.447. The summed E-state index contributed by atoms with van der Waals surface area (Å²) in [5.41, 5.74) is 2.19. The number of anilines is 1. The molecule has 4 aromatic rings. The van der Waals surface area contributed by atoms with Gasteiger partial charge in [0, 0.05) is 61.1 Å². The van der Waals surface area contributed by atoms with Crippen molar-refractivity contribution in [2.24, 2.45) is 0 Å². The standard InChI is InChI=1S/C24H24N6O2/c1-17-13-29-23(27-12-9-20-7-2-3-10-26-20)24(32)30(17)16-22(31)28-14-19-6-4-5-18-8-11-25-15-21(18)19/h2-8,10-11,13,15H,9,12,14,16H2,1H3,(H,27,29)(H,28,31). The normalized spacial score (nSPS) is 10.8. The number of pyridine rings is 2. The average molecular weight is 428 g/mol. The summed E-state index contributed by atoms with van der Waals surface area (Å²) < 4.78 is 1.43. The summed E-state index contributed by atoms with van der Waals surface area (Å²) >= 11 is 0. The zero-order chi connectivity index (χ0) is 22.3. The first kappa shape index (κ1) is 21.2. The van der Waals surface area contributed by atoms with E-state index in [9.17, 15) is 9.59 Å². The molecule has 0 saturated heterocycles. The van der Waals surface area contributed by atoms with Crippen LogP contribution in [0.25, 0.3) is 10.8 Å². The number of benzene rings is 1. The lowest BCUT2D eigenvalue weighted by Gasteiger charge is -2.13. The van der Waals surface area contributed by atoms with Gasteiger partial charge in [-0.1, -0.05) is 24.3 Å². The molecule has 1 amide bonds. The average Bonchev–Trinajstić information content (AvgIpc) is 2.82. The summed E-state index contributed by atoms with van der Waals surface area (Å²) in [7, 11) is 0. The minimum Gasteiger partial charge on any atom is -0.365 e. The summed E-state index contributed by atoms with van der Waals surface area (Å²) in [4.78, 5) is 38.1. The summed E-state index contributed by atoms with van der Waals surface area (Å²) in [5, 5.41) is 8.02. The van der Waals surface area contributed by atoms with E-state index in [1.54, 1.807) is 31.7 Å². The topological polar surface area (TPSA) is 102 Å². The van der Waals surface area contributed by atoms with Crippen molar-refractivity contribution < 1.29 is 4.79 Å². The van der Waals surface area contributed by atoms with Crippen LogP contribution in [0.2, 0.25) is 0 Å². The second kappa shape index (κ2) is 9.82. The maximum absolute atomic E-state index is 12.9. The second-order valence-electron chi connectivity index (χ2n) is 7.43. The molecule has 0 unspecified atom stereocenters. The van der Waals surface area contributed by atoms with Crippen LogP contribution < -0.4 is 16.2 Å². The molecule has 8 heteroatoms. The molecule has 0 radical (unpaired) electrons. The highest BCUT2D eigenvalue weighted by atomic mass is 16.2. The number of amides is 1. The van der Waals surface area contributed by atoms with E-state index in [1.807, 2.05) is 42.5 Å². The molecule has 0 aliphatic rings. The minimum absolute atomic E-state index is 0.0783. The van der Waals surface area contributed by atoms with E-state index in [1.165, 1.54) is 4.57 Å². The first-order chi connectivity index (χ1) is 15.6. The zero-order valence-corrected chi connectivity index (χ0v) is 17.8. The summed E-state index contributed by atoms with van der Waals surface area (Å²) in [6.07, 6.45) is 7.52. The van der Waals surface area contributed by atoms with Crippen LogP contribution in [0, 0.1) is 6.92 Å². The molecule has 4 rings (SSSR count). The fraction of sp³-hybridized carbons (Fsp3) is 0.208. The van der Waals surface area contributed by atoms with Crippen LogP contribution in [0.4, 0.5) is 5.82 Å². The van der Waals surface area contributed by atoms with E-state index >= 15 is 0 Å². The van der Waals surface area contributed by atoms with Crippen molar-refractivity contribution in [2.45, 2.75) is 26.4 Å². The van der Waals surface area contributed by atoms with Gasteiger partial charge in [0.25, 0.3) is 5.56 Å². The molecule has 3 aromatic heterocycles. The largest absolute Gasteiger partial charge is 0.365 e. The smallest absolute Gasteiger partial charge is 0.293 e. The van der Waals surface area contributed by atoms with Gasteiger partial charge < -0.3 is 10.6 Å². The van der Waals surface area contributed by atoms with Crippen LogP contribution in [0.5, 0.6) is 0 Å². The van der Waals surface area contributed by atoms with Gasteiger partial charge in [-0.25, -0.2) is 4.98 Å². The SMILES string of the molecule is Cc1cnc(NCCc2ccccn2)c(=O)n1CC(=O)NCc1cccc2ccncc12. The monoisotopic (exact) mass is 428 g/mol. The number of nitrogens with one attached hydrogen (secondary N) is 2. The summed E-state index contributed by atoms with van der Waals surface area (Å²) in [6.45, 7) is 2.56. The molecule has 32 heavy (non-hydrogen) atoms. The van der Waals surface area contributed by atoms with Gasteiger partial charge in [0.05, 0.1) is 0 Å². The second-order valence-corrected chi connectivity index (χ2v) is 7.43. The number of carbonyl (C=O) groups excluding carboxylic acids is 1. The lowest BCUT2D eigenvalue weighted by molar-refractivity contribution is -0.121. The molecule has 3 heterocycles. The molecule has 0 aliphatic carbocycles. The van der Waals surface area contributed by atoms with E-state index in [0.29, 0.717) is 25.2 Å². The first-order valence-electron chi connectivity index (χ1n) is 10.4. The van der Waals surface area contributed by atoms with Gasteiger partial charge in [0.2, 0.25) is 5.91 Å². The van der Waals surface area contributed by atoms with Gasteiger partial charge in [0.1, 0.15) is 6.54 Å². The number of hydrogen-bond acceptors (Lipinski definition) is 6. The van der Waals surface area contributed by atoms with Crippen LogP contribution in [-0.2, 0) is 24.3 Å². The number of hydrogen-bond donors (Lipinski definition) is 2. The summed E-state index contributed by atoms with van der Waals surface area (Å²) in [6, 6.07) is 13.6. The van der Waals surface area contributed by atoms with Crippen molar-refractivity contribution in [3.63, 3.8) is 0 Å². The predicted molar refractivity (Wildman–Crippen MR) is 123 cm³/mol. The van der Waals surface area contributed by atoms with Crippen LogP contribution in [0.15, 0.2) is 72.0 Å². The van der Waals surface area contributed by atoms with E-state index in [2.05, 4.69) is 25.6 Å². The minimum atomic E-state index is -0.324. The third-order valence-corrected chi connectivity index (χ3v) is 5.21. The van der Waals surface area contributed by atoms with Crippen molar-refractivity contribution in [2.75, 3.05) is 11.9 Å². The van der Waals surface area contributed by atoms with Gasteiger partial charge in [-0.2, -0.15) is 0 Å². The van der Waals surface area contributed by atoms with Gasteiger partial charge in [-0.15, -0.1) is 0 Å². The van der Waals surface area contributed by atoms with Crippen molar-refractivity contribution in [3.8, 4) is 0 Å². The maximum Gasteiger partial charge on any atom is 0.293 e. The van der Waals surface area contributed by atoms with Crippen molar-refractivity contribution in [3.05, 3.63) is 94.6 Å².